The maximum Gasteiger partial charge on any atom is 0.407 e. The molecule has 1 aliphatic heterocycles. The smallest absolute Gasteiger partial charge is 0.407 e. The molecule has 1 aromatic rings. The van der Waals surface area contributed by atoms with Gasteiger partial charge in [-0.25, -0.2) is 4.79 Å². The lowest BCUT2D eigenvalue weighted by atomic mass is 10.2. The third-order valence-corrected chi connectivity index (χ3v) is 3.40. The largest absolute Gasteiger partial charge is 0.493 e. The number of carbonyl (C=O) groups is 1. The second-order valence-corrected chi connectivity index (χ2v) is 5.12. The summed E-state index contributed by atoms with van der Waals surface area (Å²) in [6.07, 6.45) is -2.50. The highest BCUT2D eigenvalue weighted by molar-refractivity contribution is 9.10. The van der Waals surface area contributed by atoms with E-state index in [4.69, 9.17) is 14.6 Å². The van der Waals surface area contributed by atoms with Crippen molar-refractivity contribution in [2.45, 2.75) is 12.2 Å². The summed E-state index contributed by atoms with van der Waals surface area (Å²) in [5, 5.41) is 18.7. The average molecular weight is 332 g/mol. The summed E-state index contributed by atoms with van der Waals surface area (Å²) in [6.45, 7) is 0.189. The van der Waals surface area contributed by atoms with Gasteiger partial charge in [-0.3, -0.25) is 0 Å². The highest BCUT2D eigenvalue weighted by Crippen LogP contribution is 2.32. The van der Waals surface area contributed by atoms with E-state index in [-0.39, 0.29) is 13.1 Å². The fraction of sp³-hybridized carbons (Fsp3) is 0.417. The number of halogens is 1. The summed E-state index contributed by atoms with van der Waals surface area (Å²) in [6, 6.07) is 5.23. The van der Waals surface area contributed by atoms with Gasteiger partial charge in [-0.2, -0.15) is 0 Å². The van der Waals surface area contributed by atoms with Crippen LogP contribution in [0.15, 0.2) is 22.7 Å². The molecule has 7 heteroatoms. The molecule has 0 aliphatic carbocycles. The number of carboxylic acid groups (broad SMARTS) is 1. The fourth-order valence-electron chi connectivity index (χ4n) is 1.93. The highest BCUT2D eigenvalue weighted by Gasteiger charge is 2.36. The van der Waals surface area contributed by atoms with Crippen molar-refractivity contribution >= 4 is 22.0 Å². The van der Waals surface area contributed by atoms with Crippen molar-refractivity contribution in [3.05, 3.63) is 22.7 Å². The van der Waals surface area contributed by atoms with Crippen LogP contribution < -0.4 is 9.47 Å². The van der Waals surface area contributed by atoms with Crippen LogP contribution in [0, 0.1) is 0 Å². The van der Waals surface area contributed by atoms with E-state index < -0.39 is 18.3 Å². The van der Waals surface area contributed by atoms with E-state index in [9.17, 15) is 9.90 Å². The number of β-amino-alcohol motifs (C(OH)–C–C–N with tert-alkyl or cyclic N) is 1. The predicted octanol–water partition coefficient (Wildman–Crippen LogP) is 1.56. The van der Waals surface area contributed by atoms with Crippen molar-refractivity contribution in [1.29, 1.82) is 0 Å². The predicted molar refractivity (Wildman–Crippen MR) is 70.7 cm³/mol. The van der Waals surface area contributed by atoms with Crippen molar-refractivity contribution < 1.29 is 24.5 Å². The number of nitrogens with zero attached hydrogens (tertiary/aromatic N) is 1. The topological polar surface area (TPSA) is 79.2 Å². The molecule has 6 nitrogen and oxygen atoms in total. The molecule has 19 heavy (non-hydrogen) atoms. The Kier molecular flexibility index (Phi) is 4.16. The Morgan fingerprint density at radius 3 is 2.74 bits per heavy atom. The Morgan fingerprint density at radius 1 is 1.42 bits per heavy atom. The van der Waals surface area contributed by atoms with Gasteiger partial charge in [-0.05, 0) is 18.2 Å². The third-order valence-electron chi connectivity index (χ3n) is 2.91. The number of aliphatic hydroxyl groups excluding tert-OH is 1. The van der Waals surface area contributed by atoms with E-state index in [2.05, 4.69) is 15.9 Å². The van der Waals surface area contributed by atoms with Gasteiger partial charge < -0.3 is 24.6 Å². The van der Waals surface area contributed by atoms with Crippen LogP contribution in [0.2, 0.25) is 0 Å². The minimum atomic E-state index is -1.06. The van der Waals surface area contributed by atoms with Crippen molar-refractivity contribution in [3.8, 4) is 11.5 Å². The first-order valence-electron chi connectivity index (χ1n) is 5.67. The molecule has 0 saturated carbocycles. The molecule has 2 rings (SSSR count). The van der Waals surface area contributed by atoms with Gasteiger partial charge in [-0.1, -0.05) is 15.9 Å². The Bertz CT molecular complexity index is 481. The van der Waals surface area contributed by atoms with Gasteiger partial charge in [0.2, 0.25) is 0 Å². The van der Waals surface area contributed by atoms with Crippen molar-refractivity contribution in [2.75, 3.05) is 20.2 Å². The van der Waals surface area contributed by atoms with E-state index >= 15 is 0 Å². The van der Waals surface area contributed by atoms with Crippen LogP contribution >= 0.6 is 15.9 Å². The van der Waals surface area contributed by atoms with Gasteiger partial charge in [0.05, 0.1) is 20.2 Å². The lowest BCUT2D eigenvalue weighted by Crippen LogP contribution is -2.30. The molecule has 0 spiro atoms. The summed E-state index contributed by atoms with van der Waals surface area (Å²) in [5.74, 6) is 0.998. The number of likely N-dealkylation sites (tertiary alicyclic amines) is 1. The molecule has 0 radical (unpaired) electrons. The van der Waals surface area contributed by atoms with E-state index in [1.54, 1.807) is 18.2 Å². The number of ether oxygens (including phenoxy) is 2. The molecule has 1 aromatic carbocycles. The summed E-state index contributed by atoms with van der Waals surface area (Å²) >= 11 is 3.32. The van der Waals surface area contributed by atoms with Gasteiger partial charge in [0.1, 0.15) is 12.2 Å². The minimum absolute atomic E-state index is 0.0544. The summed E-state index contributed by atoms with van der Waals surface area (Å²) in [7, 11) is 1.52. The van der Waals surface area contributed by atoms with Crippen LogP contribution in [0.1, 0.15) is 0 Å². The zero-order valence-corrected chi connectivity index (χ0v) is 11.8. The van der Waals surface area contributed by atoms with E-state index in [1.807, 2.05) is 0 Å². The molecule has 2 unspecified atom stereocenters. The van der Waals surface area contributed by atoms with E-state index in [0.717, 1.165) is 9.37 Å². The molecule has 0 bridgehead atoms. The lowest BCUT2D eigenvalue weighted by Gasteiger charge is -2.18. The number of rotatable bonds is 3. The van der Waals surface area contributed by atoms with Gasteiger partial charge >= 0.3 is 6.09 Å². The number of methoxy groups -OCH3 is 1. The highest BCUT2D eigenvalue weighted by atomic mass is 79.9. The maximum atomic E-state index is 10.8. The first-order valence-corrected chi connectivity index (χ1v) is 6.46. The summed E-state index contributed by atoms with van der Waals surface area (Å²) < 4.78 is 11.7. The lowest BCUT2D eigenvalue weighted by molar-refractivity contribution is 0.0717. The molecule has 1 amide bonds. The van der Waals surface area contributed by atoms with Gasteiger partial charge in [0.15, 0.2) is 11.5 Å². The number of hydrogen-bond donors (Lipinski definition) is 2. The standard InChI is InChI=1S/C12H14BrNO5/c1-18-10-4-7(13)2-3-9(10)19-11-6-14(12(16)17)5-8(11)15/h2-4,8,11,15H,5-6H2,1H3,(H,16,17). The second kappa shape index (κ2) is 5.66. The fourth-order valence-corrected chi connectivity index (χ4v) is 2.27. The van der Waals surface area contributed by atoms with Crippen molar-refractivity contribution in [1.82, 2.24) is 4.90 Å². The Labute approximate surface area is 118 Å². The van der Waals surface area contributed by atoms with E-state index in [1.165, 1.54) is 7.11 Å². The Balaban J connectivity index is 2.11. The first-order chi connectivity index (χ1) is 9.01. The van der Waals surface area contributed by atoms with Crippen LogP contribution in [0.3, 0.4) is 0 Å². The summed E-state index contributed by atoms with van der Waals surface area (Å²) in [4.78, 5) is 12.0. The summed E-state index contributed by atoms with van der Waals surface area (Å²) in [5.41, 5.74) is 0. The molecular weight excluding hydrogens is 318 g/mol. The Hall–Kier alpha value is -1.47. The van der Waals surface area contributed by atoms with Crippen LogP contribution in [-0.2, 0) is 0 Å². The molecule has 1 saturated heterocycles. The first kappa shape index (κ1) is 14.0. The van der Waals surface area contributed by atoms with E-state index in [0.29, 0.717) is 11.5 Å². The molecule has 1 fully saturated rings. The maximum absolute atomic E-state index is 10.8. The number of benzene rings is 1. The van der Waals surface area contributed by atoms with Gasteiger partial charge in [0.25, 0.3) is 0 Å². The zero-order valence-electron chi connectivity index (χ0n) is 10.2. The molecule has 1 heterocycles. The monoisotopic (exact) mass is 331 g/mol. The van der Waals surface area contributed by atoms with Crippen LogP contribution in [0.25, 0.3) is 0 Å². The molecule has 2 atom stereocenters. The van der Waals surface area contributed by atoms with Gasteiger partial charge in [-0.15, -0.1) is 0 Å². The van der Waals surface area contributed by atoms with Crippen LogP contribution in [0.4, 0.5) is 4.79 Å². The second-order valence-electron chi connectivity index (χ2n) is 4.21. The minimum Gasteiger partial charge on any atom is -0.493 e. The number of hydrogen-bond acceptors (Lipinski definition) is 4. The number of amides is 1. The Morgan fingerprint density at radius 2 is 2.16 bits per heavy atom. The third kappa shape index (κ3) is 3.10. The number of aliphatic hydroxyl groups is 1. The molecule has 104 valence electrons. The zero-order chi connectivity index (χ0) is 14.0. The van der Waals surface area contributed by atoms with Crippen LogP contribution in [0.5, 0.6) is 11.5 Å². The van der Waals surface area contributed by atoms with Crippen molar-refractivity contribution in [2.24, 2.45) is 0 Å². The SMILES string of the molecule is COc1cc(Br)ccc1OC1CN(C(=O)O)CC1O. The van der Waals surface area contributed by atoms with Crippen LogP contribution in [-0.4, -0.2) is 53.6 Å². The molecule has 0 aromatic heterocycles. The molecular formula is C12H14BrNO5. The van der Waals surface area contributed by atoms with Crippen molar-refractivity contribution in [3.63, 3.8) is 0 Å². The molecule has 1 aliphatic rings. The average Bonchev–Trinajstić information content (AvgIpc) is 2.73. The van der Waals surface area contributed by atoms with Gasteiger partial charge in [0, 0.05) is 4.47 Å². The quantitative estimate of drug-likeness (QED) is 0.878. The molecule has 2 N–H and O–H groups in total. The normalized spacial score (nSPS) is 22.4.